The summed E-state index contributed by atoms with van der Waals surface area (Å²) in [6, 6.07) is 5.29. The van der Waals surface area contributed by atoms with Gasteiger partial charge in [0.25, 0.3) is 6.02 Å². The van der Waals surface area contributed by atoms with Crippen molar-refractivity contribution in [3.8, 4) is 0 Å². The minimum atomic E-state index is -4.58. The zero-order valence-corrected chi connectivity index (χ0v) is 10.7. The molecule has 1 fully saturated rings. The summed E-state index contributed by atoms with van der Waals surface area (Å²) in [6.07, 6.45) is -6.64. The second-order valence-corrected chi connectivity index (χ2v) is 5.04. The Bertz CT molecular complexity index is 590. The smallest absolute Gasteiger partial charge is 0.415 e. The van der Waals surface area contributed by atoms with E-state index >= 15 is 0 Å². The summed E-state index contributed by atoms with van der Waals surface area (Å²) in [5.41, 5.74) is 4.02. The first-order chi connectivity index (χ1) is 9.84. The number of hydrogen-bond donors (Lipinski definition) is 1. The van der Waals surface area contributed by atoms with Crippen LogP contribution in [0.5, 0.6) is 0 Å². The Hall–Kier alpha value is -1.83. The first-order valence-corrected chi connectivity index (χ1v) is 6.26. The molecule has 2 aliphatic rings. The molecular weight excluding hydrogens is 292 g/mol. The maximum atomic E-state index is 14.1. The lowest BCUT2D eigenvalue weighted by atomic mass is 9.77. The van der Waals surface area contributed by atoms with Crippen molar-refractivity contribution in [2.45, 2.75) is 17.8 Å². The van der Waals surface area contributed by atoms with E-state index in [1.54, 1.807) is 0 Å². The van der Waals surface area contributed by atoms with Gasteiger partial charge in [0.2, 0.25) is 0 Å². The zero-order chi connectivity index (χ0) is 15.3. The molecule has 0 spiro atoms. The van der Waals surface area contributed by atoms with Crippen LogP contribution in [-0.2, 0) is 15.0 Å². The molecule has 2 heterocycles. The Morgan fingerprint density at radius 1 is 1.29 bits per heavy atom. The minimum Gasteiger partial charge on any atom is -0.465 e. The van der Waals surface area contributed by atoms with Gasteiger partial charge in [-0.05, 0) is 6.07 Å². The number of rotatable bonds is 1. The van der Waals surface area contributed by atoms with E-state index in [-0.39, 0.29) is 18.2 Å². The largest absolute Gasteiger partial charge is 0.465 e. The number of halogens is 4. The van der Waals surface area contributed by atoms with Crippen molar-refractivity contribution in [1.29, 1.82) is 0 Å². The SMILES string of the molecule is NC1=N[C@@]2(c3ccccc3F)CO[C@H](C(F)(F)F)[C@H]2CO1. The fraction of sp³-hybridized carbons (Fsp3) is 0.462. The molecule has 0 saturated carbocycles. The lowest BCUT2D eigenvalue weighted by Crippen LogP contribution is -2.48. The fourth-order valence-corrected chi connectivity index (χ4v) is 2.91. The number of nitrogens with two attached hydrogens (primary N) is 1. The van der Waals surface area contributed by atoms with Gasteiger partial charge in [-0.2, -0.15) is 13.2 Å². The van der Waals surface area contributed by atoms with E-state index in [1.807, 2.05) is 0 Å². The van der Waals surface area contributed by atoms with Crippen molar-refractivity contribution >= 4 is 6.02 Å². The van der Waals surface area contributed by atoms with E-state index in [2.05, 4.69) is 4.99 Å². The Labute approximate surface area is 117 Å². The molecule has 114 valence electrons. The highest BCUT2D eigenvalue weighted by Crippen LogP contribution is 2.49. The molecule has 2 N–H and O–H groups in total. The highest BCUT2D eigenvalue weighted by atomic mass is 19.4. The average Bonchev–Trinajstić information content (AvgIpc) is 2.78. The van der Waals surface area contributed by atoms with E-state index in [4.69, 9.17) is 15.2 Å². The topological polar surface area (TPSA) is 56.8 Å². The average molecular weight is 304 g/mol. The predicted molar refractivity (Wildman–Crippen MR) is 64.9 cm³/mol. The van der Waals surface area contributed by atoms with Crippen LogP contribution in [0.3, 0.4) is 0 Å². The molecule has 0 bridgehead atoms. The van der Waals surface area contributed by atoms with Crippen LogP contribution in [0.1, 0.15) is 5.56 Å². The summed E-state index contributed by atoms with van der Waals surface area (Å²) in [4.78, 5) is 3.98. The van der Waals surface area contributed by atoms with Gasteiger partial charge in [-0.1, -0.05) is 18.2 Å². The Morgan fingerprint density at radius 3 is 2.67 bits per heavy atom. The van der Waals surface area contributed by atoms with Gasteiger partial charge in [0.1, 0.15) is 11.4 Å². The highest BCUT2D eigenvalue weighted by Gasteiger charge is 2.62. The van der Waals surface area contributed by atoms with Crippen LogP contribution in [0.15, 0.2) is 29.3 Å². The molecule has 0 aromatic heterocycles. The van der Waals surface area contributed by atoms with Crippen molar-refractivity contribution in [3.05, 3.63) is 35.6 Å². The third-order valence-electron chi connectivity index (χ3n) is 3.85. The molecule has 21 heavy (non-hydrogen) atoms. The maximum Gasteiger partial charge on any atom is 0.415 e. The molecule has 0 aliphatic carbocycles. The Morgan fingerprint density at radius 2 is 2.00 bits per heavy atom. The number of benzene rings is 1. The monoisotopic (exact) mass is 304 g/mol. The van der Waals surface area contributed by atoms with Gasteiger partial charge in [0.15, 0.2) is 6.10 Å². The van der Waals surface area contributed by atoms with Crippen molar-refractivity contribution in [2.24, 2.45) is 16.6 Å². The van der Waals surface area contributed by atoms with Gasteiger partial charge in [0, 0.05) is 5.56 Å². The van der Waals surface area contributed by atoms with Crippen LogP contribution >= 0.6 is 0 Å². The number of hydrogen-bond acceptors (Lipinski definition) is 4. The van der Waals surface area contributed by atoms with Crippen molar-refractivity contribution in [1.82, 2.24) is 0 Å². The van der Waals surface area contributed by atoms with Crippen molar-refractivity contribution < 1.29 is 27.0 Å². The summed E-state index contributed by atoms with van der Waals surface area (Å²) in [5, 5.41) is 0. The van der Waals surface area contributed by atoms with Gasteiger partial charge in [-0.15, -0.1) is 0 Å². The van der Waals surface area contributed by atoms with Gasteiger partial charge < -0.3 is 15.2 Å². The molecule has 0 unspecified atom stereocenters. The Kier molecular flexibility index (Phi) is 3.09. The summed E-state index contributed by atoms with van der Waals surface area (Å²) >= 11 is 0. The molecule has 0 amide bonds. The van der Waals surface area contributed by atoms with Gasteiger partial charge in [-0.25, -0.2) is 9.38 Å². The number of aliphatic imine (C=N–C) groups is 1. The number of nitrogens with zero attached hydrogens (tertiary/aromatic N) is 1. The molecule has 3 rings (SSSR count). The van der Waals surface area contributed by atoms with E-state index in [0.717, 1.165) is 0 Å². The normalized spacial score (nSPS) is 32.3. The van der Waals surface area contributed by atoms with Crippen molar-refractivity contribution in [3.63, 3.8) is 0 Å². The minimum absolute atomic E-state index is 0.0352. The maximum absolute atomic E-state index is 14.1. The van der Waals surface area contributed by atoms with Gasteiger partial charge >= 0.3 is 6.18 Å². The van der Waals surface area contributed by atoms with E-state index < -0.39 is 36.2 Å². The third-order valence-corrected chi connectivity index (χ3v) is 3.85. The standard InChI is InChI=1S/C13H12F4N2O2/c14-9-4-2-1-3-7(9)12-6-21-10(13(15,16)17)8(12)5-20-11(18)19-12/h1-4,8,10H,5-6H2,(H2,18,19)/t8-,10+,12-/m1/s1. The summed E-state index contributed by atoms with van der Waals surface area (Å²) < 4.78 is 63.1. The predicted octanol–water partition coefficient (Wildman–Crippen LogP) is 1.94. The van der Waals surface area contributed by atoms with Crippen LogP contribution in [0.25, 0.3) is 0 Å². The molecule has 4 nitrogen and oxygen atoms in total. The van der Waals surface area contributed by atoms with E-state index in [0.29, 0.717) is 0 Å². The summed E-state index contributed by atoms with van der Waals surface area (Å²) in [5.74, 6) is -1.82. The highest BCUT2D eigenvalue weighted by molar-refractivity contribution is 5.73. The van der Waals surface area contributed by atoms with Crippen LogP contribution < -0.4 is 5.73 Å². The van der Waals surface area contributed by atoms with Crippen LogP contribution in [0.4, 0.5) is 17.6 Å². The number of ether oxygens (including phenoxy) is 2. The zero-order valence-electron chi connectivity index (χ0n) is 10.7. The molecule has 0 radical (unpaired) electrons. The molecule has 1 saturated heterocycles. The van der Waals surface area contributed by atoms with Crippen molar-refractivity contribution in [2.75, 3.05) is 13.2 Å². The quantitative estimate of drug-likeness (QED) is 0.807. The molecule has 1 aromatic rings. The fourth-order valence-electron chi connectivity index (χ4n) is 2.91. The van der Waals surface area contributed by atoms with E-state index in [1.165, 1.54) is 24.3 Å². The molecular formula is C13H12F4N2O2. The summed E-state index contributed by atoms with van der Waals surface area (Å²) in [7, 11) is 0. The molecule has 1 aromatic carbocycles. The number of alkyl halides is 3. The first-order valence-electron chi connectivity index (χ1n) is 6.26. The van der Waals surface area contributed by atoms with Gasteiger partial charge in [0.05, 0.1) is 19.1 Å². The lowest BCUT2D eigenvalue weighted by molar-refractivity contribution is -0.219. The molecule has 2 aliphatic heterocycles. The number of amidine groups is 1. The first kappa shape index (κ1) is 14.1. The Balaban J connectivity index is 2.13. The molecule has 3 atom stereocenters. The number of fused-ring (bicyclic) bond motifs is 1. The van der Waals surface area contributed by atoms with Gasteiger partial charge in [-0.3, -0.25) is 0 Å². The third kappa shape index (κ3) is 2.14. The molecule has 8 heteroatoms. The summed E-state index contributed by atoms with van der Waals surface area (Å²) in [6.45, 7) is -0.722. The van der Waals surface area contributed by atoms with Crippen LogP contribution in [0.2, 0.25) is 0 Å². The van der Waals surface area contributed by atoms with Crippen LogP contribution in [0, 0.1) is 11.7 Å². The lowest BCUT2D eigenvalue weighted by Gasteiger charge is -2.36. The van der Waals surface area contributed by atoms with E-state index in [9.17, 15) is 17.6 Å². The second-order valence-electron chi connectivity index (χ2n) is 5.04. The second kappa shape index (κ2) is 4.59. The van der Waals surface area contributed by atoms with Crippen LogP contribution in [-0.4, -0.2) is 31.5 Å².